The summed E-state index contributed by atoms with van der Waals surface area (Å²) in [5, 5.41) is 2.85. The monoisotopic (exact) mass is 394 g/mol. The second-order valence-corrected chi connectivity index (χ2v) is 8.50. The van der Waals surface area contributed by atoms with E-state index in [0.29, 0.717) is 27.4 Å². The molecule has 1 aliphatic rings. The molecule has 0 aliphatic carbocycles. The third kappa shape index (κ3) is 4.02. The molecule has 0 saturated heterocycles. The molecule has 5 nitrogen and oxygen atoms in total. The Balaban J connectivity index is 2.03. The lowest BCUT2D eigenvalue weighted by molar-refractivity contribution is -0.120. The van der Waals surface area contributed by atoms with Gasteiger partial charge in [-0.3, -0.25) is 14.4 Å². The zero-order valence-corrected chi connectivity index (χ0v) is 17.1. The number of thioether (sulfide) groups is 1. The average Bonchev–Trinajstić information content (AvgIpc) is 2.86. The molecule has 0 radical (unpaired) electrons. The molecule has 0 atom stereocenters. The summed E-state index contributed by atoms with van der Waals surface area (Å²) in [6, 6.07) is 14.3. The minimum Gasteiger partial charge on any atom is -0.326 e. The molecule has 1 heterocycles. The summed E-state index contributed by atoms with van der Waals surface area (Å²) < 4.78 is 0. The van der Waals surface area contributed by atoms with Crippen molar-refractivity contribution in [3.63, 3.8) is 0 Å². The number of carbonyl (C=O) groups is 3. The van der Waals surface area contributed by atoms with Crippen molar-refractivity contribution in [2.75, 3.05) is 10.2 Å². The van der Waals surface area contributed by atoms with Gasteiger partial charge in [0, 0.05) is 17.9 Å². The third-order valence-electron chi connectivity index (χ3n) is 4.18. The van der Waals surface area contributed by atoms with E-state index >= 15 is 0 Å². The van der Waals surface area contributed by atoms with Gasteiger partial charge >= 0.3 is 0 Å². The van der Waals surface area contributed by atoms with Crippen LogP contribution < -0.4 is 10.2 Å². The van der Waals surface area contributed by atoms with Crippen molar-refractivity contribution in [1.82, 2.24) is 0 Å². The van der Waals surface area contributed by atoms with Crippen molar-refractivity contribution in [3.8, 4) is 0 Å². The van der Waals surface area contributed by atoms with Gasteiger partial charge < -0.3 is 5.32 Å². The van der Waals surface area contributed by atoms with E-state index in [4.69, 9.17) is 0 Å². The smallest absolute Gasteiger partial charge is 0.272 e. The Morgan fingerprint density at radius 2 is 1.57 bits per heavy atom. The Kier molecular flexibility index (Phi) is 5.70. The number of hydrogen-bond acceptors (Lipinski definition) is 4. The maximum Gasteiger partial charge on any atom is 0.272 e. The van der Waals surface area contributed by atoms with Gasteiger partial charge in [0.2, 0.25) is 5.91 Å². The van der Waals surface area contributed by atoms with Crippen LogP contribution in [-0.4, -0.2) is 23.0 Å². The van der Waals surface area contributed by atoms with E-state index in [1.165, 1.54) is 23.6 Å². The lowest BCUT2D eigenvalue weighted by Crippen LogP contribution is -2.31. The SMILES string of the molecule is CC(=O)Nc1ccc(C2=C(SC(C)C)C(=O)N(c3ccc(C)cc3)C2=O)cc1. The fourth-order valence-corrected chi connectivity index (χ4v) is 3.95. The summed E-state index contributed by atoms with van der Waals surface area (Å²) in [6.07, 6.45) is 0. The molecule has 0 fully saturated rings. The van der Waals surface area contributed by atoms with Gasteiger partial charge in [-0.05, 0) is 36.8 Å². The lowest BCUT2D eigenvalue weighted by Gasteiger charge is -2.15. The highest BCUT2D eigenvalue weighted by atomic mass is 32.2. The van der Waals surface area contributed by atoms with E-state index in [1.54, 1.807) is 36.4 Å². The number of rotatable bonds is 5. The van der Waals surface area contributed by atoms with Crippen LogP contribution in [0.5, 0.6) is 0 Å². The standard InChI is InChI=1S/C22H22N2O3S/c1-13(2)28-20-19(16-7-9-17(10-8-16)23-15(4)25)21(26)24(22(20)27)18-11-5-14(3)6-12-18/h5-13H,1-4H3,(H,23,25). The van der Waals surface area contributed by atoms with Crippen molar-refractivity contribution in [1.29, 1.82) is 0 Å². The second kappa shape index (κ2) is 8.02. The lowest BCUT2D eigenvalue weighted by atomic mass is 10.1. The molecular formula is C22H22N2O3S. The minimum absolute atomic E-state index is 0.151. The zero-order chi connectivity index (χ0) is 20.4. The second-order valence-electron chi connectivity index (χ2n) is 6.91. The highest BCUT2D eigenvalue weighted by Gasteiger charge is 2.40. The maximum absolute atomic E-state index is 13.2. The summed E-state index contributed by atoms with van der Waals surface area (Å²) in [5.41, 5.74) is 3.32. The van der Waals surface area contributed by atoms with Crippen molar-refractivity contribution in [2.45, 2.75) is 32.9 Å². The Hall–Kier alpha value is -2.86. The average molecular weight is 394 g/mol. The van der Waals surface area contributed by atoms with E-state index in [2.05, 4.69) is 5.32 Å². The highest BCUT2D eigenvalue weighted by molar-refractivity contribution is 8.04. The quantitative estimate of drug-likeness (QED) is 0.765. The number of imide groups is 1. The van der Waals surface area contributed by atoms with Gasteiger partial charge in [0.05, 0.1) is 16.2 Å². The Morgan fingerprint density at radius 1 is 0.964 bits per heavy atom. The Morgan fingerprint density at radius 3 is 2.11 bits per heavy atom. The predicted molar refractivity (Wildman–Crippen MR) is 114 cm³/mol. The van der Waals surface area contributed by atoms with Gasteiger partial charge in [-0.15, -0.1) is 11.8 Å². The number of nitrogens with one attached hydrogen (secondary N) is 1. The number of nitrogens with zero attached hydrogens (tertiary/aromatic N) is 1. The van der Waals surface area contributed by atoms with Crippen LogP contribution in [0.25, 0.3) is 5.57 Å². The van der Waals surface area contributed by atoms with Crippen LogP contribution in [0.15, 0.2) is 53.4 Å². The van der Waals surface area contributed by atoms with Crippen molar-refractivity contribution in [3.05, 3.63) is 64.6 Å². The molecule has 1 N–H and O–H groups in total. The van der Waals surface area contributed by atoms with Crippen LogP contribution in [0.4, 0.5) is 11.4 Å². The first-order chi connectivity index (χ1) is 13.3. The van der Waals surface area contributed by atoms with Crippen LogP contribution in [0.3, 0.4) is 0 Å². The first-order valence-corrected chi connectivity index (χ1v) is 9.90. The van der Waals surface area contributed by atoms with E-state index in [9.17, 15) is 14.4 Å². The molecule has 0 unspecified atom stereocenters. The molecule has 1 aliphatic heterocycles. The van der Waals surface area contributed by atoms with Gasteiger partial charge in [0.25, 0.3) is 11.8 Å². The van der Waals surface area contributed by atoms with Gasteiger partial charge in [-0.25, -0.2) is 4.90 Å². The summed E-state index contributed by atoms with van der Waals surface area (Å²) in [6.45, 7) is 7.37. The summed E-state index contributed by atoms with van der Waals surface area (Å²) in [7, 11) is 0. The number of aryl methyl sites for hydroxylation is 1. The summed E-state index contributed by atoms with van der Waals surface area (Å²) >= 11 is 1.39. The Labute approximate surface area is 168 Å². The molecule has 0 spiro atoms. The van der Waals surface area contributed by atoms with Crippen LogP contribution in [0, 0.1) is 6.92 Å². The molecule has 3 amide bonds. The molecule has 28 heavy (non-hydrogen) atoms. The van der Waals surface area contributed by atoms with Crippen LogP contribution in [0.2, 0.25) is 0 Å². The van der Waals surface area contributed by atoms with Gasteiger partial charge in [0.1, 0.15) is 0 Å². The fraction of sp³-hybridized carbons (Fsp3) is 0.227. The summed E-state index contributed by atoms with van der Waals surface area (Å²) in [5.74, 6) is -0.793. The van der Waals surface area contributed by atoms with Crippen molar-refractivity contribution in [2.24, 2.45) is 0 Å². The largest absolute Gasteiger partial charge is 0.326 e. The molecule has 0 bridgehead atoms. The molecule has 6 heteroatoms. The number of anilines is 2. The first kappa shape index (κ1) is 19.9. The normalized spacial score (nSPS) is 14.2. The maximum atomic E-state index is 13.2. The zero-order valence-electron chi connectivity index (χ0n) is 16.3. The van der Waals surface area contributed by atoms with Gasteiger partial charge in [-0.1, -0.05) is 43.7 Å². The number of amides is 3. The molecule has 144 valence electrons. The third-order valence-corrected chi connectivity index (χ3v) is 5.27. The van der Waals surface area contributed by atoms with Crippen LogP contribution in [0.1, 0.15) is 31.9 Å². The van der Waals surface area contributed by atoms with Crippen molar-refractivity contribution >= 4 is 46.4 Å². The molecule has 2 aromatic carbocycles. The molecule has 0 saturated carbocycles. The van der Waals surface area contributed by atoms with Gasteiger partial charge in [0.15, 0.2) is 0 Å². The predicted octanol–water partition coefficient (Wildman–Crippen LogP) is 4.38. The number of hydrogen-bond donors (Lipinski definition) is 1. The highest BCUT2D eigenvalue weighted by Crippen LogP contribution is 2.40. The Bertz CT molecular complexity index is 960. The van der Waals surface area contributed by atoms with E-state index in [0.717, 1.165) is 5.56 Å². The van der Waals surface area contributed by atoms with E-state index < -0.39 is 0 Å². The van der Waals surface area contributed by atoms with Gasteiger partial charge in [-0.2, -0.15) is 0 Å². The number of benzene rings is 2. The van der Waals surface area contributed by atoms with Crippen LogP contribution in [-0.2, 0) is 14.4 Å². The topological polar surface area (TPSA) is 66.5 Å². The van der Waals surface area contributed by atoms with E-state index in [-0.39, 0.29) is 23.0 Å². The van der Waals surface area contributed by atoms with E-state index in [1.807, 2.05) is 32.9 Å². The van der Waals surface area contributed by atoms with Crippen LogP contribution >= 0.6 is 11.8 Å². The molecule has 0 aromatic heterocycles. The minimum atomic E-state index is -0.329. The fourth-order valence-electron chi connectivity index (χ4n) is 2.96. The van der Waals surface area contributed by atoms with Crippen molar-refractivity contribution < 1.29 is 14.4 Å². The molecular weight excluding hydrogens is 372 g/mol. The first-order valence-electron chi connectivity index (χ1n) is 9.02. The molecule has 3 rings (SSSR count). The number of carbonyl (C=O) groups excluding carboxylic acids is 3. The summed E-state index contributed by atoms with van der Waals surface area (Å²) in [4.78, 5) is 39.2. The molecule has 2 aromatic rings.